The van der Waals surface area contributed by atoms with Gasteiger partial charge in [-0.15, -0.1) is 0 Å². The number of ether oxygens (including phenoxy) is 1. The van der Waals surface area contributed by atoms with Crippen LogP contribution in [-0.2, 0) is 18.4 Å². The normalized spacial score (nSPS) is 10.8. The van der Waals surface area contributed by atoms with Gasteiger partial charge in [-0.25, -0.2) is 4.68 Å². The van der Waals surface area contributed by atoms with E-state index in [1.165, 1.54) is 28.9 Å². The molecule has 0 fully saturated rings. The Bertz CT molecular complexity index is 1440. The minimum Gasteiger partial charge on any atom is -0.484 e. The van der Waals surface area contributed by atoms with Crippen molar-refractivity contribution in [2.75, 3.05) is 6.61 Å². The molecule has 0 saturated heterocycles. The van der Waals surface area contributed by atoms with Crippen LogP contribution in [0.5, 0.6) is 5.75 Å². The molecule has 0 unspecified atom stereocenters. The Morgan fingerprint density at radius 2 is 1.79 bits per heavy atom. The van der Waals surface area contributed by atoms with E-state index in [4.69, 9.17) is 4.74 Å². The maximum Gasteiger partial charge on any atom is 0.274 e. The third kappa shape index (κ3) is 4.78. The molecular formula is C25H22N4O5. The molecule has 1 N–H and O–H groups in total. The minimum absolute atomic E-state index is 0.0482. The Labute approximate surface area is 194 Å². The standard InChI is InChI=1S/C25H22N4O5/c1-16-7-8-17(24-21-5-3-4-6-22(21)25(31)28(2)27-24)13-18(16)14-26-23(30)15-34-20-11-9-19(10-12-20)29(32)33/h3-13H,14-15H2,1-2H3,(H,26,30). The van der Waals surface area contributed by atoms with Gasteiger partial charge >= 0.3 is 0 Å². The predicted octanol–water partition coefficient (Wildman–Crippen LogP) is 3.51. The van der Waals surface area contributed by atoms with Crippen molar-refractivity contribution in [2.45, 2.75) is 13.5 Å². The van der Waals surface area contributed by atoms with Crippen LogP contribution in [0.4, 0.5) is 5.69 Å². The van der Waals surface area contributed by atoms with Crippen LogP contribution in [-0.4, -0.2) is 27.2 Å². The van der Waals surface area contributed by atoms with Gasteiger partial charge in [0, 0.05) is 36.7 Å². The first-order valence-electron chi connectivity index (χ1n) is 10.5. The molecule has 9 heteroatoms. The highest BCUT2D eigenvalue weighted by atomic mass is 16.6. The first-order valence-corrected chi connectivity index (χ1v) is 10.5. The van der Waals surface area contributed by atoms with E-state index in [2.05, 4.69) is 10.4 Å². The molecule has 1 heterocycles. The smallest absolute Gasteiger partial charge is 0.274 e. The van der Waals surface area contributed by atoms with E-state index in [-0.39, 0.29) is 30.3 Å². The largest absolute Gasteiger partial charge is 0.484 e. The number of hydrogen-bond acceptors (Lipinski definition) is 6. The maximum atomic E-state index is 12.4. The fourth-order valence-electron chi connectivity index (χ4n) is 3.58. The van der Waals surface area contributed by atoms with Gasteiger partial charge in [-0.3, -0.25) is 19.7 Å². The number of nitro groups is 1. The first-order chi connectivity index (χ1) is 16.3. The van der Waals surface area contributed by atoms with Gasteiger partial charge < -0.3 is 10.1 Å². The highest BCUT2D eigenvalue weighted by molar-refractivity contribution is 5.93. The topological polar surface area (TPSA) is 116 Å². The van der Waals surface area contributed by atoms with E-state index in [0.717, 1.165) is 22.1 Å². The fraction of sp³-hybridized carbons (Fsp3) is 0.160. The summed E-state index contributed by atoms with van der Waals surface area (Å²) in [4.78, 5) is 34.9. The summed E-state index contributed by atoms with van der Waals surface area (Å²) in [6.45, 7) is 2.01. The lowest BCUT2D eigenvalue weighted by molar-refractivity contribution is -0.384. The minimum atomic E-state index is -0.500. The summed E-state index contributed by atoms with van der Waals surface area (Å²) >= 11 is 0. The lowest BCUT2D eigenvalue weighted by Gasteiger charge is -2.13. The van der Waals surface area contributed by atoms with Gasteiger partial charge in [-0.2, -0.15) is 5.10 Å². The van der Waals surface area contributed by atoms with Gasteiger partial charge in [-0.05, 0) is 42.3 Å². The molecular weight excluding hydrogens is 436 g/mol. The third-order valence-corrected chi connectivity index (χ3v) is 5.47. The maximum absolute atomic E-state index is 12.4. The lowest BCUT2D eigenvalue weighted by Crippen LogP contribution is -2.28. The number of carbonyl (C=O) groups is 1. The summed E-state index contributed by atoms with van der Waals surface area (Å²) < 4.78 is 6.74. The molecule has 0 bridgehead atoms. The number of fused-ring (bicyclic) bond motifs is 1. The summed E-state index contributed by atoms with van der Waals surface area (Å²) in [6.07, 6.45) is 0. The highest BCUT2D eigenvalue weighted by Gasteiger charge is 2.13. The van der Waals surface area contributed by atoms with Crippen LogP contribution in [0.2, 0.25) is 0 Å². The number of non-ortho nitro benzene ring substituents is 1. The van der Waals surface area contributed by atoms with Crippen LogP contribution < -0.4 is 15.6 Å². The second-order valence-corrected chi connectivity index (χ2v) is 7.78. The van der Waals surface area contributed by atoms with Crippen molar-refractivity contribution in [1.29, 1.82) is 0 Å². The SMILES string of the molecule is Cc1ccc(-c2nn(C)c(=O)c3ccccc23)cc1CNC(=O)COc1ccc([N+](=O)[O-])cc1. The molecule has 0 aliphatic carbocycles. The zero-order valence-corrected chi connectivity index (χ0v) is 18.6. The number of aromatic nitrogens is 2. The summed E-state index contributed by atoms with van der Waals surface area (Å²) in [5, 5.41) is 19.4. The number of nitrogens with one attached hydrogen (secondary N) is 1. The molecule has 34 heavy (non-hydrogen) atoms. The summed E-state index contributed by atoms with van der Waals surface area (Å²) in [5.74, 6) is 0.0420. The van der Waals surface area contributed by atoms with E-state index in [1.54, 1.807) is 13.1 Å². The summed E-state index contributed by atoms with van der Waals surface area (Å²) in [5.41, 5.74) is 3.21. The van der Waals surface area contributed by atoms with Crippen LogP contribution in [0, 0.1) is 17.0 Å². The Hall–Kier alpha value is -4.53. The molecule has 1 amide bonds. The predicted molar refractivity (Wildman–Crippen MR) is 128 cm³/mol. The average molecular weight is 458 g/mol. The number of rotatable bonds is 7. The number of hydrogen-bond donors (Lipinski definition) is 1. The van der Waals surface area contributed by atoms with Crippen LogP contribution in [0.15, 0.2) is 71.5 Å². The fourth-order valence-corrected chi connectivity index (χ4v) is 3.58. The van der Waals surface area contributed by atoms with E-state index >= 15 is 0 Å². The molecule has 0 radical (unpaired) electrons. The Morgan fingerprint density at radius 1 is 1.09 bits per heavy atom. The molecule has 0 atom stereocenters. The number of carbonyl (C=O) groups excluding carboxylic acids is 1. The van der Waals surface area contributed by atoms with E-state index in [9.17, 15) is 19.7 Å². The number of aryl methyl sites for hydroxylation is 2. The van der Waals surface area contributed by atoms with Gasteiger partial charge in [0.15, 0.2) is 6.61 Å². The third-order valence-electron chi connectivity index (χ3n) is 5.47. The average Bonchev–Trinajstić information content (AvgIpc) is 2.85. The number of amides is 1. The van der Waals surface area contributed by atoms with Crippen molar-refractivity contribution in [3.63, 3.8) is 0 Å². The molecule has 4 rings (SSSR count). The zero-order chi connectivity index (χ0) is 24.2. The van der Waals surface area contributed by atoms with Gasteiger partial charge in [-0.1, -0.05) is 30.3 Å². The van der Waals surface area contributed by atoms with Crippen molar-refractivity contribution in [2.24, 2.45) is 7.05 Å². The van der Waals surface area contributed by atoms with Crippen LogP contribution in [0.1, 0.15) is 11.1 Å². The van der Waals surface area contributed by atoms with Crippen molar-refractivity contribution < 1.29 is 14.5 Å². The van der Waals surface area contributed by atoms with Crippen molar-refractivity contribution >= 4 is 22.4 Å². The first kappa shape index (κ1) is 22.7. The molecule has 0 spiro atoms. The Kier molecular flexibility index (Phi) is 6.35. The Morgan fingerprint density at radius 3 is 2.50 bits per heavy atom. The van der Waals surface area contributed by atoms with E-state index in [1.807, 2.05) is 43.3 Å². The molecule has 3 aromatic carbocycles. The van der Waals surface area contributed by atoms with Crippen molar-refractivity contribution in [3.05, 3.63) is 98.3 Å². The number of nitro benzene ring substituents is 1. The van der Waals surface area contributed by atoms with Gasteiger partial charge in [0.2, 0.25) is 0 Å². The second kappa shape index (κ2) is 9.53. The van der Waals surface area contributed by atoms with E-state index in [0.29, 0.717) is 16.8 Å². The zero-order valence-electron chi connectivity index (χ0n) is 18.6. The molecule has 0 aliphatic heterocycles. The molecule has 0 aliphatic rings. The molecule has 9 nitrogen and oxygen atoms in total. The van der Waals surface area contributed by atoms with Crippen molar-refractivity contribution in [3.8, 4) is 17.0 Å². The van der Waals surface area contributed by atoms with Gasteiger partial charge in [0.25, 0.3) is 17.2 Å². The van der Waals surface area contributed by atoms with E-state index < -0.39 is 4.92 Å². The second-order valence-electron chi connectivity index (χ2n) is 7.78. The van der Waals surface area contributed by atoms with Crippen LogP contribution in [0.3, 0.4) is 0 Å². The van der Waals surface area contributed by atoms with Crippen LogP contribution >= 0.6 is 0 Å². The van der Waals surface area contributed by atoms with Gasteiger partial charge in [0.1, 0.15) is 5.75 Å². The lowest BCUT2D eigenvalue weighted by atomic mass is 10.00. The monoisotopic (exact) mass is 458 g/mol. The number of nitrogens with zero attached hydrogens (tertiary/aromatic N) is 3. The Balaban J connectivity index is 1.48. The highest BCUT2D eigenvalue weighted by Crippen LogP contribution is 2.26. The number of benzene rings is 3. The summed E-state index contributed by atoms with van der Waals surface area (Å²) in [6, 6.07) is 18.7. The molecule has 0 saturated carbocycles. The quantitative estimate of drug-likeness (QED) is 0.335. The molecule has 172 valence electrons. The summed E-state index contributed by atoms with van der Waals surface area (Å²) in [7, 11) is 1.62. The van der Waals surface area contributed by atoms with Crippen molar-refractivity contribution in [1.82, 2.24) is 15.1 Å². The molecule has 1 aromatic heterocycles. The molecule has 4 aromatic rings. The van der Waals surface area contributed by atoms with Crippen LogP contribution in [0.25, 0.3) is 22.0 Å². The van der Waals surface area contributed by atoms with Gasteiger partial charge in [0.05, 0.1) is 16.0 Å².